The molecule has 0 saturated carbocycles. The van der Waals surface area contributed by atoms with Crippen molar-refractivity contribution in [2.24, 2.45) is 5.73 Å². The van der Waals surface area contributed by atoms with E-state index in [0.717, 1.165) is 0 Å². The summed E-state index contributed by atoms with van der Waals surface area (Å²) < 4.78 is 10.3. The predicted octanol–water partition coefficient (Wildman–Crippen LogP) is -0.963. The lowest BCUT2D eigenvalue weighted by Gasteiger charge is -2.32. The third kappa shape index (κ3) is 1.06. The molecule has 2 aliphatic rings. The summed E-state index contributed by atoms with van der Waals surface area (Å²) in [6, 6.07) is -0.442. The Morgan fingerprint density at radius 1 is 1.55 bits per heavy atom. The molecule has 5 heteroatoms. The van der Waals surface area contributed by atoms with E-state index in [1.54, 1.807) is 0 Å². The van der Waals surface area contributed by atoms with Crippen LogP contribution in [-0.2, 0) is 9.47 Å². The second-order valence-electron chi connectivity index (χ2n) is 2.89. The highest BCUT2D eigenvalue weighted by molar-refractivity contribution is 6.21. The molecule has 2 heterocycles. The molecule has 64 valence electrons. The lowest BCUT2D eigenvalue weighted by atomic mass is 10.0. The number of hydrogen-bond acceptors (Lipinski definition) is 4. The molecule has 0 aliphatic carbocycles. The number of hydrogen-bond donors (Lipinski definition) is 2. The fourth-order valence-electron chi connectivity index (χ4n) is 1.40. The lowest BCUT2D eigenvalue weighted by molar-refractivity contribution is -0.123. The van der Waals surface area contributed by atoms with E-state index in [9.17, 15) is 5.11 Å². The summed E-state index contributed by atoms with van der Waals surface area (Å²) in [7, 11) is 0. The molecule has 0 radical (unpaired) electrons. The van der Waals surface area contributed by atoms with Crippen molar-refractivity contribution in [3.63, 3.8) is 0 Å². The van der Waals surface area contributed by atoms with Crippen molar-refractivity contribution in [3.8, 4) is 0 Å². The summed E-state index contributed by atoms with van der Waals surface area (Å²) in [5.41, 5.74) is 5.60. The average Bonchev–Trinajstić information content (AvgIpc) is 2.44. The number of aliphatic hydroxyl groups excluding tert-OH is 1. The SMILES string of the molecule is N[C@@H]1[C@H](O)[C@H]2CO[C@H](O2)[C@H]1Cl. The smallest absolute Gasteiger partial charge is 0.176 e. The number of halogens is 1. The lowest BCUT2D eigenvalue weighted by Crippen LogP contribution is -2.56. The van der Waals surface area contributed by atoms with Crippen molar-refractivity contribution >= 4 is 11.6 Å². The van der Waals surface area contributed by atoms with Gasteiger partial charge in [-0.2, -0.15) is 0 Å². The first-order valence-corrected chi connectivity index (χ1v) is 3.98. The number of aliphatic hydroxyl groups is 1. The third-order valence-corrected chi connectivity index (χ3v) is 2.63. The minimum absolute atomic E-state index is 0.287. The molecular weight excluding hydrogens is 170 g/mol. The first kappa shape index (κ1) is 7.76. The molecular formula is C6H10ClNO3. The summed E-state index contributed by atoms with van der Waals surface area (Å²) in [4.78, 5) is 0. The van der Waals surface area contributed by atoms with Gasteiger partial charge in [-0.1, -0.05) is 0 Å². The molecule has 0 amide bonds. The van der Waals surface area contributed by atoms with E-state index >= 15 is 0 Å². The van der Waals surface area contributed by atoms with Gasteiger partial charge >= 0.3 is 0 Å². The fourth-order valence-corrected chi connectivity index (χ4v) is 1.69. The number of fused-ring (bicyclic) bond motifs is 2. The highest BCUT2D eigenvalue weighted by Crippen LogP contribution is 2.29. The van der Waals surface area contributed by atoms with Crippen LogP contribution in [0.1, 0.15) is 0 Å². The first-order chi connectivity index (χ1) is 5.20. The maximum absolute atomic E-state index is 9.42. The van der Waals surface area contributed by atoms with Gasteiger partial charge in [0.1, 0.15) is 11.5 Å². The molecule has 5 atom stereocenters. The summed E-state index contributed by atoms with van der Waals surface area (Å²) in [5.74, 6) is 0. The topological polar surface area (TPSA) is 64.7 Å². The number of nitrogens with two attached hydrogens (primary N) is 1. The Labute approximate surface area is 69.2 Å². The van der Waals surface area contributed by atoms with Crippen LogP contribution >= 0.6 is 11.6 Å². The van der Waals surface area contributed by atoms with Crippen molar-refractivity contribution in [1.29, 1.82) is 0 Å². The zero-order valence-electron chi connectivity index (χ0n) is 5.81. The molecule has 2 bridgehead atoms. The molecule has 3 N–H and O–H groups in total. The minimum atomic E-state index is -0.698. The summed E-state index contributed by atoms with van der Waals surface area (Å²) in [5, 5.41) is 8.98. The molecule has 11 heavy (non-hydrogen) atoms. The van der Waals surface area contributed by atoms with Gasteiger partial charge in [-0.3, -0.25) is 0 Å². The van der Waals surface area contributed by atoms with Gasteiger partial charge in [0, 0.05) is 0 Å². The van der Waals surface area contributed by atoms with Gasteiger partial charge < -0.3 is 20.3 Å². The maximum atomic E-state index is 9.42. The number of rotatable bonds is 0. The van der Waals surface area contributed by atoms with Gasteiger partial charge in [-0.05, 0) is 0 Å². The summed E-state index contributed by atoms with van der Waals surface area (Å²) in [6.07, 6.45) is -1.42. The summed E-state index contributed by atoms with van der Waals surface area (Å²) in [6.45, 7) is 0.392. The van der Waals surface area contributed by atoms with E-state index in [0.29, 0.717) is 6.61 Å². The Bertz CT molecular complexity index is 148. The van der Waals surface area contributed by atoms with Crippen LogP contribution in [0.4, 0.5) is 0 Å². The Hall–Kier alpha value is 0.130. The van der Waals surface area contributed by atoms with Crippen molar-refractivity contribution < 1.29 is 14.6 Å². The number of ether oxygens (including phenoxy) is 2. The van der Waals surface area contributed by atoms with Crippen LogP contribution in [0.15, 0.2) is 0 Å². The Morgan fingerprint density at radius 3 is 3.00 bits per heavy atom. The van der Waals surface area contributed by atoms with Gasteiger partial charge in [-0.25, -0.2) is 0 Å². The molecule has 4 nitrogen and oxygen atoms in total. The van der Waals surface area contributed by atoms with Crippen LogP contribution < -0.4 is 5.73 Å². The van der Waals surface area contributed by atoms with E-state index in [4.69, 9.17) is 26.8 Å². The van der Waals surface area contributed by atoms with Crippen molar-refractivity contribution in [2.75, 3.05) is 6.61 Å². The molecule has 2 fully saturated rings. The first-order valence-electron chi connectivity index (χ1n) is 3.55. The van der Waals surface area contributed by atoms with Crippen LogP contribution in [0, 0.1) is 0 Å². The predicted molar refractivity (Wildman–Crippen MR) is 38.2 cm³/mol. The number of alkyl halides is 1. The Kier molecular flexibility index (Phi) is 1.81. The van der Waals surface area contributed by atoms with E-state index in [1.807, 2.05) is 0 Å². The van der Waals surface area contributed by atoms with Crippen molar-refractivity contribution in [3.05, 3.63) is 0 Å². The molecule has 0 spiro atoms. The van der Waals surface area contributed by atoms with Gasteiger partial charge in [0.15, 0.2) is 6.29 Å². The molecule has 2 saturated heterocycles. The molecule has 2 rings (SSSR count). The van der Waals surface area contributed by atoms with E-state index in [2.05, 4.69) is 0 Å². The normalized spacial score (nSPS) is 56.5. The molecule has 0 aromatic heterocycles. The molecule has 0 aromatic rings. The second kappa shape index (κ2) is 2.57. The van der Waals surface area contributed by atoms with Crippen LogP contribution in [0.5, 0.6) is 0 Å². The van der Waals surface area contributed by atoms with Crippen molar-refractivity contribution in [2.45, 2.75) is 29.9 Å². The van der Waals surface area contributed by atoms with Gasteiger partial charge in [-0.15, -0.1) is 11.6 Å². The quantitative estimate of drug-likeness (QED) is 0.470. The average molecular weight is 180 g/mol. The van der Waals surface area contributed by atoms with E-state index < -0.39 is 23.8 Å². The standard InChI is InChI=1S/C6H10ClNO3/c7-3-4(8)5(9)2-1-10-6(3)11-2/h2-6,9H,1,8H2/t2-,3+,4+,5-,6-/m1/s1. The van der Waals surface area contributed by atoms with Crippen molar-refractivity contribution in [1.82, 2.24) is 0 Å². The molecule has 0 unspecified atom stereocenters. The highest BCUT2D eigenvalue weighted by Gasteiger charge is 2.47. The zero-order chi connectivity index (χ0) is 8.01. The zero-order valence-corrected chi connectivity index (χ0v) is 6.57. The van der Waals surface area contributed by atoms with Crippen LogP contribution in [-0.4, -0.2) is 41.6 Å². The third-order valence-electron chi connectivity index (χ3n) is 2.14. The van der Waals surface area contributed by atoms with Crippen LogP contribution in [0.2, 0.25) is 0 Å². The summed E-state index contributed by atoms with van der Waals surface area (Å²) >= 11 is 5.82. The van der Waals surface area contributed by atoms with Gasteiger partial charge in [0.05, 0.1) is 18.8 Å². The monoisotopic (exact) mass is 179 g/mol. The fraction of sp³-hybridized carbons (Fsp3) is 1.00. The van der Waals surface area contributed by atoms with Gasteiger partial charge in [0.25, 0.3) is 0 Å². The van der Waals surface area contributed by atoms with E-state index in [-0.39, 0.29) is 6.10 Å². The molecule has 0 aromatic carbocycles. The second-order valence-corrected chi connectivity index (χ2v) is 3.39. The highest BCUT2D eigenvalue weighted by atomic mass is 35.5. The van der Waals surface area contributed by atoms with E-state index in [1.165, 1.54) is 0 Å². The van der Waals surface area contributed by atoms with Crippen LogP contribution in [0.3, 0.4) is 0 Å². The molecule has 2 aliphatic heterocycles. The Balaban J connectivity index is 2.16. The van der Waals surface area contributed by atoms with Gasteiger partial charge in [0.2, 0.25) is 0 Å². The largest absolute Gasteiger partial charge is 0.389 e. The van der Waals surface area contributed by atoms with Crippen LogP contribution in [0.25, 0.3) is 0 Å². The minimum Gasteiger partial charge on any atom is -0.389 e. The Morgan fingerprint density at radius 2 is 2.27 bits per heavy atom. The maximum Gasteiger partial charge on any atom is 0.176 e.